The Morgan fingerprint density at radius 3 is 2.66 bits per heavy atom. The molecule has 0 aliphatic heterocycles. The fourth-order valence-corrected chi connectivity index (χ4v) is 4.87. The van der Waals surface area contributed by atoms with E-state index >= 15 is 0 Å². The SMILES string of the molecule is Cc1cccc(F)c1Nc1nc2cnc(/N=C/C3CCC(O)CC3)nc2n1C1CCCC1. The fourth-order valence-electron chi connectivity index (χ4n) is 4.87. The minimum absolute atomic E-state index is 0.183. The van der Waals surface area contributed by atoms with Crippen molar-refractivity contribution in [3.05, 3.63) is 35.8 Å². The number of aryl methyl sites for hydroxylation is 1. The van der Waals surface area contributed by atoms with Crippen LogP contribution in [0.5, 0.6) is 0 Å². The molecular formula is C24H29FN6O. The number of hydrogen-bond donors (Lipinski definition) is 2. The van der Waals surface area contributed by atoms with Crippen LogP contribution in [0.4, 0.5) is 22.0 Å². The van der Waals surface area contributed by atoms with E-state index in [1.807, 2.05) is 19.2 Å². The van der Waals surface area contributed by atoms with Crippen LogP contribution in [0.1, 0.15) is 63.0 Å². The Kier molecular flexibility index (Phi) is 5.87. The Hall–Kier alpha value is -2.87. The number of aliphatic hydroxyl groups is 1. The molecule has 32 heavy (non-hydrogen) atoms. The third kappa shape index (κ3) is 4.24. The van der Waals surface area contributed by atoms with Crippen LogP contribution in [-0.4, -0.2) is 36.9 Å². The number of hydrogen-bond acceptors (Lipinski definition) is 6. The Labute approximate surface area is 186 Å². The van der Waals surface area contributed by atoms with Crippen LogP contribution in [0, 0.1) is 18.7 Å². The predicted octanol–water partition coefficient (Wildman–Crippen LogP) is 5.39. The second kappa shape index (κ2) is 8.94. The van der Waals surface area contributed by atoms with Crippen LogP contribution in [-0.2, 0) is 0 Å². The van der Waals surface area contributed by atoms with E-state index in [0.29, 0.717) is 29.0 Å². The molecule has 168 valence electrons. The van der Waals surface area contributed by atoms with E-state index < -0.39 is 0 Å². The Bertz CT molecular complexity index is 1110. The van der Waals surface area contributed by atoms with Crippen molar-refractivity contribution in [3.8, 4) is 0 Å². The van der Waals surface area contributed by atoms with Crippen LogP contribution in [0.2, 0.25) is 0 Å². The van der Waals surface area contributed by atoms with Gasteiger partial charge in [0, 0.05) is 12.3 Å². The van der Waals surface area contributed by atoms with E-state index in [2.05, 4.69) is 19.9 Å². The Morgan fingerprint density at radius 2 is 1.91 bits per heavy atom. The number of aromatic nitrogens is 4. The van der Waals surface area contributed by atoms with Gasteiger partial charge in [-0.15, -0.1) is 0 Å². The van der Waals surface area contributed by atoms with Crippen molar-refractivity contribution < 1.29 is 9.50 Å². The van der Waals surface area contributed by atoms with Crippen molar-refractivity contribution in [2.24, 2.45) is 10.9 Å². The highest BCUT2D eigenvalue weighted by atomic mass is 19.1. The molecule has 2 aliphatic carbocycles. The second-order valence-corrected chi connectivity index (χ2v) is 9.03. The van der Waals surface area contributed by atoms with Gasteiger partial charge in [0.2, 0.25) is 5.95 Å². The summed E-state index contributed by atoms with van der Waals surface area (Å²) in [5.74, 6) is 1.05. The van der Waals surface area contributed by atoms with Gasteiger partial charge in [0.05, 0.1) is 18.0 Å². The van der Waals surface area contributed by atoms with E-state index in [1.165, 1.54) is 6.07 Å². The standard InChI is InChI=1S/C24H29FN6O/c1-15-5-4-8-19(25)21(15)29-24-28-20-14-27-23(26-13-16-9-11-18(32)12-10-16)30-22(20)31(24)17-6-2-3-7-17/h4-5,8,13-14,16-18,32H,2-3,6-7,9-12H2,1H3,(H,28,29)/b26-13+. The third-order valence-electron chi connectivity index (χ3n) is 6.71. The number of fused-ring (bicyclic) bond motifs is 1. The summed E-state index contributed by atoms with van der Waals surface area (Å²) in [4.78, 5) is 18.4. The quantitative estimate of drug-likeness (QED) is 0.524. The van der Waals surface area contributed by atoms with Gasteiger partial charge < -0.3 is 10.4 Å². The fraction of sp³-hybridized carbons (Fsp3) is 0.500. The molecule has 0 saturated heterocycles. The van der Waals surface area contributed by atoms with Crippen LogP contribution in [0.15, 0.2) is 29.4 Å². The molecule has 1 aromatic carbocycles. The van der Waals surface area contributed by atoms with Gasteiger partial charge in [-0.2, -0.15) is 4.98 Å². The van der Waals surface area contributed by atoms with Gasteiger partial charge in [-0.1, -0.05) is 25.0 Å². The normalized spacial score (nSPS) is 22.2. The summed E-state index contributed by atoms with van der Waals surface area (Å²) in [6.45, 7) is 1.88. The summed E-state index contributed by atoms with van der Waals surface area (Å²) in [6.07, 6.45) is 11.3. The van der Waals surface area contributed by atoms with Crippen molar-refractivity contribution in [2.45, 2.75) is 70.4 Å². The molecule has 2 aromatic heterocycles. The van der Waals surface area contributed by atoms with Crippen molar-refractivity contribution in [2.75, 3.05) is 5.32 Å². The lowest BCUT2D eigenvalue weighted by Gasteiger charge is -2.21. The molecule has 2 aliphatic rings. The number of nitrogens with one attached hydrogen (secondary N) is 1. The molecule has 2 fully saturated rings. The maximum Gasteiger partial charge on any atom is 0.251 e. The van der Waals surface area contributed by atoms with Crippen molar-refractivity contribution in [1.29, 1.82) is 0 Å². The van der Waals surface area contributed by atoms with Gasteiger partial charge in [-0.25, -0.2) is 19.4 Å². The molecule has 2 saturated carbocycles. The molecule has 7 nitrogen and oxygen atoms in total. The largest absolute Gasteiger partial charge is 0.393 e. The molecule has 0 unspecified atom stereocenters. The van der Waals surface area contributed by atoms with E-state index in [0.717, 1.165) is 62.6 Å². The lowest BCUT2D eigenvalue weighted by Crippen LogP contribution is -2.18. The first-order chi connectivity index (χ1) is 15.6. The number of anilines is 2. The first kappa shape index (κ1) is 21.0. The minimum Gasteiger partial charge on any atom is -0.393 e. The van der Waals surface area contributed by atoms with Crippen LogP contribution < -0.4 is 5.32 Å². The van der Waals surface area contributed by atoms with Gasteiger partial charge in [0.25, 0.3) is 5.95 Å². The van der Waals surface area contributed by atoms with Crippen LogP contribution >= 0.6 is 0 Å². The number of rotatable bonds is 5. The number of aliphatic hydroxyl groups excluding tert-OH is 1. The van der Waals surface area contributed by atoms with E-state index in [1.54, 1.807) is 12.3 Å². The van der Waals surface area contributed by atoms with Gasteiger partial charge in [0.1, 0.15) is 11.3 Å². The highest BCUT2D eigenvalue weighted by Gasteiger charge is 2.25. The summed E-state index contributed by atoms with van der Waals surface area (Å²) in [7, 11) is 0. The molecule has 5 rings (SSSR count). The van der Waals surface area contributed by atoms with Gasteiger partial charge in [-0.3, -0.25) is 4.57 Å². The zero-order valence-electron chi connectivity index (χ0n) is 18.3. The zero-order valence-corrected chi connectivity index (χ0v) is 18.3. The maximum absolute atomic E-state index is 14.5. The van der Waals surface area contributed by atoms with Gasteiger partial charge in [0.15, 0.2) is 5.65 Å². The molecule has 0 radical (unpaired) electrons. The average molecular weight is 437 g/mol. The van der Waals surface area contributed by atoms with E-state index in [9.17, 15) is 9.50 Å². The summed E-state index contributed by atoms with van der Waals surface area (Å²) in [6, 6.07) is 5.30. The highest BCUT2D eigenvalue weighted by Crippen LogP contribution is 2.36. The third-order valence-corrected chi connectivity index (χ3v) is 6.71. The van der Waals surface area contributed by atoms with Crippen molar-refractivity contribution >= 4 is 35.0 Å². The lowest BCUT2D eigenvalue weighted by atomic mass is 9.88. The molecule has 0 amide bonds. The number of aliphatic imine (C=N–C) groups is 1. The smallest absolute Gasteiger partial charge is 0.251 e. The number of nitrogens with zero attached hydrogens (tertiary/aromatic N) is 5. The maximum atomic E-state index is 14.5. The number of imidazole rings is 1. The summed E-state index contributed by atoms with van der Waals surface area (Å²) in [5.41, 5.74) is 2.67. The molecule has 0 atom stereocenters. The molecule has 2 heterocycles. The molecule has 0 spiro atoms. The number of para-hydroxylation sites is 1. The Morgan fingerprint density at radius 1 is 1.12 bits per heavy atom. The molecule has 2 N–H and O–H groups in total. The summed E-state index contributed by atoms with van der Waals surface area (Å²) >= 11 is 0. The average Bonchev–Trinajstić information content (AvgIpc) is 3.43. The minimum atomic E-state index is -0.302. The molecule has 3 aromatic rings. The van der Waals surface area contributed by atoms with Crippen molar-refractivity contribution in [1.82, 2.24) is 19.5 Å². The topological polar surface area (TPSA) is 88.2 Å². The van der Waals surface area contributed by atoms with Crippen molar-refractivity contribution in [3.63, 3.8) is 0 Å². The van der Waals surface area contributed by atoms with Crippen LogP contribution in [0.3, 0.4) is 0 Å². The molecule has 0 bridgehead atoms. The molecule has 8 heteroatoms. The number of halogens is 1. The van der Waals surface area contributed by atoms with Crippen LogP contribution in [0.25, 0.3) is 11.2 Å². The highest BCUT2D eigenvalue weighted by molar-refractivity contribution is 5.77. The van der Waals surface area contributed by atoms with Gasteiger partial charge >= 0.3 is 0 Å². The molecular weight excluding hydrogens is 407 g/mol. The van der Waals surface area contributed by atoms with E-state index in [4.69, 9.17) is 9.97 Å². The van der Waals surface area contributed by atoms with Gasteiger partial charge in [-0.05, 0) is 63.0 Å². The monoisotopic (exact) mass is 436 g/mol. The Balaban J connectivity index is 1.49. The summed E-state index contributed by atoms with van der Waals surface area (Å²) in [5, 5.41) is 12.9. The van der Waals surface area contributed by atoms with E-state index in [-0.39, 0.29) is 18.0 Å². The first-order valence-electron chi connectivity index (χ1n) is 11.6. The lowest BCUT2D eigenvalue weighted by molar-refractivity contribution is 0.121. The zero-order chi connectivity index (χ0) is 22.1. The summed E-state index contributed by atoms with van der Waals surface area (Å²) < 4.78 is 16.6. The first-order valence-corrected chi connectivity index (χ1v) is 11.6. The number of benzene rings is 1. The second-order valence-electron chi connectivity index (χ2n) is 9.03. The predicted molar refractivity (Wildman–Crippen MR) is 123 cm³/mol.